The van der Waals surface area contributed by atoms with E-state index in [1.54, 1.807) is 0 Å². The Morgan fingerprint density at radius 2 is 1.88 bits per heavy atom. The molecule has 176 valence electrons. The highest BCUT2D eigenvalue weighted by molar-refractivity contribution is 5.84. The Bertz CT molecular complexity index is 1160. The van der Waals surface area contributed by atoms with Gasteiger partial charge < -0.3 is 19.4 Å². The summed E-state index contributed by atoms with van der Waals surface area (Å²) in [6, 6.07) is 14.1. The summed E-state index contributed by atoms with van der Waals surface area (Å²) in [4.78, 5) is 26.9. The number of carbonyl (C=O) groups excluding carboxylic acids is 1. The van der Waals surface area contributed by atoms with E-state index >= 15 is 0 Å². The normalized spacial score (nSPS) is 11.1. The van der Waals surface area contributed by atoms with E-state index in [0.717, 1.165) is 35.3 Å². The lowest BCUT2D eigenvalue weighted by molar-refractivity contribution is 0.146. The van der Waals surface area contributed by atoms with Gasteiger partial charge in [0.05, 0.1) is 6.61 Å². The van der Waals surface area contributed by atoms with Gasteiger partial charge in [0.15, 0.2) is 0 Å². The van der Waals surface area contributed by atoms with Crippen molar-refractivity contribution in [3.05, 3.63) is 75.1 Å². The van der Waals surface area contributed by atoms with E-state index in [-0.39, 0.29) is 12.2 Å². The number of carbonyl (C=O) groups is 1. The molecule has 0 aliphatic heterocycles. The van der Waals surface area contributed by atoms with Gasteiger partial charge in [0.2, 0.25) is 0 Å². The fourth-order valence-electron chi connectivity index (χ4n) is 3.99. The summed E-state index contributed by atoms with van der Waals surface area (Å²) >= 11 is 0. The Morgan fingerprint density at radius 1 is 1.12 bits per heavy atom. The van der Waals surface area contributed by atoms with Crippen LogP contribution in [0.1, 0.15) is 55.9 Å². The van der Waals surface area contributed by atoms with Crippen LogP contribution < -0.4 is 15.8 Å². The van der Waals surface area contributed by atoms with Gasteiger partial charge in [0.25, 0.3) is 0 Å². The minimum Gasteiger partial charge on any atom is -0.449 e. The average molecular weight is 451 g/mol. The van der Waals surface area contributed by atoms with Gasteiger partial charge in [-0.3, -0.25) is 0 Å². The van der Waals surface area contributed by atoms with Crippen LogP contribution in [0.2, 0.25) is 0 Å². The minimum atomic E-state index is -0.503. The number of amides is 1. The first kappa shape index (κ1) is 24.4. The van der Waals surface area contributed by atoms with Crippen molar-refractivity contribution in [2.24, 2.45) is 0 Å². The van der Waals surface area contributed by atoms with Crippen molar-refractivity contribution in [1.82, 2.24) is 5.32 Å². The molecule has 3 rings (SSSR count). The van der Waals surface area contributed by atoms with Crippen molar-refractivity contribution >= 4 is 22.7 Å². The van der Waals surface area contributed by atoms with E-state index in [0.29, 0.717) is 30.0 Å². The number of fused-ring (bicyclic) bond motifs is 1. The van der Waals surface area contributed by atoms with Crippen LogP contribution in [0.5, 0.6) is 0 Å². The summed E-state index contributed by atoms with van der Waals surface area (Å²) in [5.74, 6) is 0.428. The van der Waals surface area contributed by atoms with Crippen LogP contribution in [0.3, 0.4) is 0 Å². The molecule has 1 aromatic heterocycles. The first-order chi connectivity index (χ1) is 15.8. The number of benzene rings is 2. The van der Waals surface area contributed by atoms with Gasteiger partial charge in [-0.05, 0) is 55.5 Å². The number of rotatable bonds is 9. The lowest BCUT2D eigenvalue weighted by Crippen LogP contribution is -2.25. The number of alkyl carbamates (subject to hydrolysis) is 1. The lowest BCUT2D eigenvalue weighted by atomic mass is 10.0. The quantitative estimate of drug-likeness (QED) is 0.433. The topological polar surface area (TPSA) is 71.8 Å². The third kappa shape index (κ3) is 5.95. The highest BCUT2D eigenvalue weighted by atomic mass is 16.5. The maximum absolute atomic E-state index is 12.6. The Labute approximate surface area is 195 Å². The van der Waals surface area contributed by atoms with Gasteiger partial charge in [-0.1, -0.05) is 38.1 Å². The fourth-order valence-corrected chi connectivity index (χ4v) is 3.99. The Morgan fingerprint density at radius 3 is 2.58 bits per heavy atom. The third-order valence-corrected chi connectivity index (χ3v) is 6.04. The third-order valence-electron chi connectivity index (χ3n) is 6.04. The summed E-state index contributed by atoms with van der Waals surface area (Å²) in [6.45, 7) is 12.6. The second-order valence-electron chi connectivity index (χ2n) is 8.49. The number of nitrogens with zero attached hydrogens (tertiary/aromatic N) is 1. The predicted molar refractivity (Wildman–Crippen MR) is 133 cm³/mol. The van der Waals surface area contributed by atoms with Crippen molar-refractivity contribution in [2.75, 3.05) is 24.6 Å². The number of ether oxygens (including phenoxy) is 1. The zero-order valence-corrected chi connectivity index (χ0v) is 20.2. The standard InChI is InChI=1S/C27H34N2O4/c1-6-29(7-2)22-11-12-23-19(5)24(26(30)33-25(23)16-22)13-14-32-27(31)28-17-20-9-8-10-21(15-20)18(3)4/h8-12,15-16,18H,6-7,13-14,17H2,1-5H3,(H,28,31). The van der Waals surface area contributed by atoms with E-state index in [2.05, 4.69) is 50.0 Å². The van der Waals surface area contributed by atoms with Gasteiger partial charge in [0, 0.05) is 48.8 Å². The molecule has 6 nitrogen and oxygen atoms in total. The number of hydrogen-bond donors (Lipinski definition) is 1. The van der Waals surface area contributed by atoms with Crippen molar-refractivity contribution < 1.29 is 13.9 Å². The van der Waals surface area contributed by atoms with Crippen molar-refractivity contribution in [3.63, 3.8) is 0 Å². The second kappa shape index (κ2) is 11.0. The molecular formula is C27H34N2O4. The number of nitrogens with one attached hydrogen (secondary N) is 1. The molecule has 0 aliphatic carbocycles. The monoisotopic (exact) mass is 450 g/mol. The average Bonchev–Trinajstić information content (AvgIpc) is 2.80. The number of hydrogen-bond acceptors (Lipinski definition) is 5. The summed E-state index contributed by atoms with van der Waals surface area (Å²) in [5.41, 5.74) is 4.87. The van der Waals surface area contributed by atoms with Gasteiger partial charge in [-0.25, -0.2) is 9.59 Å². The highest BCUT2D eigenvalue weighted by Crippen LogP contribution is 2.25. The number of aryl methyl sites for hydroxylation is 1. The zero-order chi connectivity index (χ0) is 24.0. The molecule has 2 aromatic carbocycles. The maximum atomic E-state index is 12.6. The van der Waals surface area contributed by atoms with E-state index in [4.69, 9.17) is 9.15 Å². The fraction of sp³-hybridized carbons (Fsp3) is 0.407. The van der Waals surface area contributed by atoms with Crippen LogP contribution >= 0.6 is 0 Å². The van der Waals surface area contributed by atoms with Gasteiger partial charge >= 0.3 is 11.7 Å². The zero-order valence-electron chi connectivity index (χ0n) is 20.2. The SMILES string of the molecule is CCN(CC)c1ccc2c(C)c(CCOC(=O)NCc3cccc(C(C)C)c3)c(=O)oc2c1. The molecule has 0 aliphatic rings. The molecular weight excluding hydrogens is 416 g/mol. The van der Waals surface area contributed by atoms with Gasteiger partial charge in [-0.15, -0.1) is 0 Å². The summed E-state index contributed by atoms with van der Waals surface area (Å²) < 4.78 is 10.9. The Hall–Kier alpha value is -3.28. The highest BCUT2D eigenvalue weighted by Gasteiger charge is 2.14. The molecule has 0 saturated carbocycles. The maximum Gasteiger partial charge on any atom is 0.407 e. The summed E-state index contributed by atoms with van der Waals surface area (Å²) in [7, 11) is 0. The summed E-state index contributed by atoms with van der Waals surface area (Å²) in [5, 5.41) is 3.67. The molecule has 33 heavy (non-hydrogen) atoms. The molecule has 0 spiro atoms. The van der Waals surface area contributed by atoms with Gasteiger partial charge in [0.1, 0.15) is 5.58 Å². The van der Waals surface area contributed by atoms with Crippen molar-refractivity contribution in [1.29, 1.82) is 0 Å². The van der Waals surface area contributed by atoms with Crippen LogP contribution in [-0.4, -0.2) is 25.8 Å². The molecule has 6 heteroatoms. The molecule has 0 fully saturated rings. The molecule has 0 bridgehead atoms. The van der Waals surface area contributed by atoms with Crippen LogP contribution in [0.15, 0.2) is 51.7 Å². The second-order valence-corrected chi connectivity index (χ2v) is 8.49. The van der Waals surface area contributed by atoms with Gasteiger partial charge in [-0.2, -0.15) is 0 Å². The van der Waals surface area contributed by atoms with E-state index in [1.807, 2.05) is 37.3 Å². The van der Waals surface area contributed by atoms with Crippen LogP contribution in [0.4, 0.5) is 10.5 Å². The van der Waals surface area contributed by atoms with Crippen LogP contribution in [0.25, 0.3) is 11.0 Å². The van der Waals surface area contributed by atoms with E-state index in [1.165, 1.54) is 5.56 Å². The molecule has 0 atom stereocenters. The van der Waals surface area contributed by atoms with E-state index in [9.17, 15) is 9.59 Å². The first-order valence-electron chi connectivity index (χ1n) is 11.6. The van der Waals surface area contributed by atoms with E-state index < -0.39 is 6.09 Å². The molecule has 1 amide bonds. The molecule has 1 N–H and O–H groups in total. The molecule has 3 aromatic rings. The molecule has 0 saturated heterocycles. The lowest BCUT2D eigenvalue weighted by Gasteiger charge is -2.21. The molecule has 1 heterocycles. The van der Waals surface area contributed by atoms with Crippen molar-refractivity contribution in [2.45, 2.75) is 53.5 Å². The summed E-state index contributed by atoms with van der Waals surface area (Å²) in [6.07, 6.45) is -0.199. The first-order valence-corrected chi connectivity index (χ1v) is 11.6. The smallest absolute Gasteiger partial charge is 0.407 e. The predicted octanol–water partition coefficient (Wildman–Crippen LogP) is 5.54. The molecule has 0 unspecified atom stereocenters. The van der Waals surface area contributed by atoms with Crippen molar-refractivity contribution in [3.8, 4) is 0 Å². The Balaban J connectivity index is 1.61. The Kier molecular flexibility index (Phi) is 8.15. The largest absolute Gasteiger partial charge is 0.449 e. The molecule has 0 radical (unpaired) electrons. The number of anilines is 1. The minimum absolute atomic E-state index is 0.104. The van der Waals surface area contributed by atoms with Crippen LogP contribution in [-0.2, 0) is 17.7 Å². The van der Waals surface area contributed by atoms with Crippen LogP contribution in [0, 0.1) is 6.92 Å².